The van der Waals surface area contributed by atoms with Crippen molar-refractivity contribution >= 4 is 28.3 Å². The Morgan fingerprint density at radius 3 is 2.67 bits per heavy atom. The highest BCUT2D eigenvalue weighted by Crippen LogP contribution is 2.24. The zero-order valence-electron chi connectivity index (χ0n) is 5.77. The first kappa shape index (κ1) is 9.43. The van der Waals surface area contributed by atoms with E-state index < -0.39 is 17.7 Å². The van der Waals surface area contributed by atoms with Gasteiger partial charge in [-0.1, -0.05) is 0 Å². The van der Waals surface area contributed by atoms with Crippen LogP contribution in [0.4, 0.5) is 14.5 Å². The van der Waals surface area contributed by atoms with Crippen LogP contribution in [-0.2, 0) is 0 Å². The van der Waals surface area contributed by atoms with Crippen molar-refractivity contribution in [2.24, 2.45) is 0 Å². The molecule has 0 aliphatic heterocycles. The molecule has 0 bridgehead atoms. The number of anilines is 1. The fraction of sp³-hybridized carbons (Fsp3) is 0.167. The predicted octanol–water partition coefficient (Wildman–Crippen LogP) is 1.50. The van der Waals surface area contributed by atoms with Gasteiger partial charge in [0.25, 0.3) is 6.43 Å². The van der Waals surface area contributed by atoms with Crippen LogP contribution in [0.1, 0.15) is 12.1 Å². The summed E-state index contributed by atoms with van der Waals surface area (Å²) in [6, 6.07) is 1.17. The number of nitrogens with one attached hydrogen (secondary N) is 1. The van der Waals surface area contributed by atoms with Crippen LogP contribution in [0.25, 0.3) is 0 Å². The van der Waals surface area contributed by atoms with Crippen molar-refractivity contribution in [2.75, 3.05) is 5.73 Å². The van der Waals surface area contributed by atoms with Gasteiger partial charge in [-0.15, -0.1) is 0 Å². The van der Waals surface area contributed by atoms with Crippen LogP contribution in [0, 0.1) is 3.57 Å². The molecule has 3 nitrogen and oxygen atoms in total. The number of aromatic amines is 1. The molecule has 3 N–H and O–H groups in total. The number of H-pyrrole nitrogens is 1. The molecule has 0 spiro atoms. The molecule has 1 aromatic heterocycles. The number of aromatic nitrogens is 1. The summed E-state index contributed by atoms with van der Waals surface area (Å²) in [5.74, 6) is 0. The highest BCUT2D eigenvalue weighted by molar-refractivity contribution is 14.1. The first-order chi connectivity index (χ1) is 5.52. The number of alkyl halides is 2. The van der Waals surface area contributed by atoms with Gasteiger partial charge in [-0.3, -0.25) is 4.79 Å². The normalized spacial score (nSPS) is 10.7. The van der Waals surface area contributed by atoms with Gasteiger partial charge in [-0.05, 0) is 22.6 Å². The Kier molecular flexibility index (Phi) is 2.65. The molecule has 1 heterocycles. The van der Waals surface area contributed by atoms with Gasteiger partial charge < -0.3 is 10.7 Å². The van der Waals surface area contributed by atoms with E-state index in [1.165, 1.54) is 6.07 Å². The lowest BCUT2D eigenvalue weighted by atomic mass is 10.3. The van der Waals surface area contributed by atoms with E-state index in [-0.39, 0.29) is 5.69 Å². The molecule has 6 heteroatoms. The number of hydrogen-bond acceptors (Lipinski definition) is 2. The van der Waals surface area contributed by atoms with E-state index in [4.69, 9.17) is 5.73 Å². The molecule has 0 aliphatic carbocycles. The fourth-order valence-electron chi connectivity index (χ4n) is 0.730. The van der Waals surface area contributed by atoms with Crippen LogP contribution >= 0.6 is 22.6 Å². The maximum Gasteiger partial charge on any atom is 0.280 e. The average molecular weight is 286 g/mol. The lowest BCUT2D eigenvalue weighted by molar-refractivity contribution is 0.146. The molecule has 12 heavy (non-hydrogen) atoms. The van der Waals surface area contributed by atoms with Crippen LogP contribution in [0.5, 0.6) is 0 Å². The molecule has 0 saturated heterocycles. The first-order valence-corrected chi connectivity index (χ1v) is 4.06. The SMILES string of the molecule is Nc1c(I)cc(=O)[nH]c1C(F)F. The number of pyridine rings is 1. The number of nitrogen functional groups attached to an aromatic ring is 1. The van der Waals surface area contributed by atoms with Crippen LogP contribution < -0.4 is 11.3 Å². The van der Waals surface area contributed by atoms with Crippen molar-refractivity contribution in [1.29, 1.82) is 0 Å². The summed E-state index contributed by atoms with van der Waals surface area (Å²) in [5.41, 5.74) is 4.16. The highest BCUT2D eigenvalue weighted by atomic mass is 127. The number of hydrogen-bond donors (Lipinski definition) is 2. The van der Waals surface area contributed by atoms with E-state index >= 15 is 0 Å². The Bertz CT molecular complexity index is 350. The van der Waals surface area contributed by atoms with Crippen molar-refractivity contribution in [3.05, 3.63) is 25.7 Å². The van der Waals surface area contributed by atoms with Crippen molar-refractivity contribution in [2.45, 2.75) is 6.43 Å². The van der Waals surface area contributed by atoms with E-state index in [0.717, 1.165) is 0 Å². The zero-order chi connectivity index (χ0) is 9.30. The van der Waals surface area contributed by atoms with Crippen molar-refractivity contribution in [1.82, 2.24) is 4.98 Å². The third-order valence-corrected chi connectivity index (χ3v) is 2.17. The summed E-state index contributed by atoms with van der Waals surface area (Å²) in [6.07, 6.45) is -2.74. The molecule has 0 fully saturated rings. The van der Waals surface area contributed by atoms with Crippen LogP contribution in [-0.4, -0.2) is 4.98 Å². The summed E-state index contributed by atoms with van der Waals surface area (Å²) in [4.78, 5) is 12.7. The van der Waals surface area contributed by atoms with Crippen LogP contribution in [0.2, 0.25) is 0 Å². The second-order valence-electron chi connectivity index (χ2n) is 2.11. The smallest absolute Gasteiger partial charge is 0.280 e. The lowest BCUT2D eigenvalue weighted by Crippen LogP contribution is -2.12. The molecule has 0 radical (unpaired) electrons. The van der Waals surface area contributed by atoms with Gasteiger partial charge in [0.05, 0.1) is 5.69 Å². The van der Waals surface area contributed by atoms with Crippen molar-refractivity contribution in [3.8, 4) is 0 Å². The van der Waals surface area contributed by atoms with Crippen molar-refractivity contribution in [3.63, 3.8) is 0 Å². The highest BCUT2D eigenvalue weighted by Gasteiger charge is 2.14. The molecule has 0 unspecified atom stereocenters. The van der Waals surface area contributed by atoms with Crippen LogP contribution in [0.3, 0.4) is 0 Å². The Labute approximate surface area is 80.1 Å². The fourth-order valence-corrected chi connectivity index (χ4v) is 1.30. The summed E-state index contributed by atoms with van der Waals surface area (Å²) in [7, 11) is 0. The number of halogens is 3. The molecule has 1 aromatic rings. The van der Waals surface area contributed by atoms with Gasteiger partial charge in [0, 0.05) is 9.64 Å². The monoisotopic (exact) mass is 286 g/mol. The molecule has 0 aromatic carbocycles. The molecule has 0 amide bonds. The molecular formula is C6H5F2IN2O. The number of nitrogens with two attached hydrogens (primary N) is 1. The van der Waals surface area contributed by atoms with Gasteiger partial charge in [0.2, 0.25) is 5.56 Å². The van der Waals surface area contributed by atoms with E-state index in [9.17, 15) is 13.6 Å². The topological polar surface area (TPSA) is 58.9 Å². The minimum atomic E-state index is -2.74. The summed E-state index contributed by atoms with van der Waals surface area (Å²) in [6.45, 7) is 0. The van der Waals surface area contributed by atoms with E-state index in [1.54, 1.807) is 22.6 Å². The molecule has 1 rings (SSSR count). The predicted molar refractivity (Wildman–Crippen MR) is 49.1 cm³/mol. The quantitative estimate of drug-likeness (QED) is 0.769. The largest absolute Gasteiger partial charge is 0.396 e. The molecule has 0 aliphatic rings. The first-order valence-electron chi connectivity index (χ1n) is 2.98. The van der Waals surface area contributed by atoms with E-state index in [2.05, 4.69) is 0 Å². The van der Waals surface area contributed by atoms with Gasteiger partial charge in [0.1, 0.15) is 5.69 Å². The van der Waals surface area contributed by atoms with Gasteiger partial charge in [-0.2, -0.15) is 0 Å². The summed E-state index contributed by atoms with van der Waals surface area (Å²) < 4.78 is 24.6. The maximum absolute atomic E-state index is 12.1. The van der Waals surface area contributed by atoms with Gasteiger partial charge in [0.15, 0.2) is 0 Å². The molecule has 0 atom stereocenters. The van der Waals surface area contributed by atoms with Gasteiger partial charge >= 0.3 is 0 Å². The third kappa shape index (κ3) is 1.74. The Hall–Kier alpha value is -0.660. The molecule has 0 saturated carbocycles. The summed E-state index contributed by atoms with van der Waals surface area (Å²) in [5, 5.41) is 0. The second kappa shape index (κ2) is 3.38. The Balaban J connectivity index is 3.38. The third-order valence-electron chi connectivity index (χ3n) is 1.28. The second-order valence-corrected chi connectivity index (χ2v) is 3.27. The average Bonchev–Trinajstić information content (AvgIpc) is 1.96. The molecular weight excluding hydrogens is 281 g/mol. The van der Waals surface area contributed by atoms with Crippen LogP contribution in [0.15, 0.2) is 10.9 Å². The Morgan fingerprint density at radius 2 is 2.17 bits per heavy atom. The van der Waals surface area contributed by atoms with E-state index in [1.807, 2.05) is 4.98 Å². The minimum Gasteiger partial charge on any atom is -0.396 e. The maximum atomic E-state index is 12.1. The van der Waals surface area contributed by atoms with Crippen molar-refractivity contribution < 1.29 is 8.78 Å². The minimum absolute atomic E-state index is 0.0646. The zero-order valence-corrected chi connectivity index (χ0v) is 7.93. The Morgan fingerprint density at radius 1 is 1.58 bits per heavy atom. The molecule has 66 valence electrons. The van der Waals surface area contributed by atoms with E-state index in [0.29, 0.717) is 3.57 Å². The van der Waals surface area contributed by atoms with Gasteiger partial charge in [-0.25, -0.2) is 8.78 Å². The summed E-state index contributed by atoms with van der Waals surface area (Å²) >= 11 is 1.73. The number of rotatable bonds is 1. The standard InChI is InChI=1S/C6H5F2IN2O/c7-6(8)5-4(10)2(9)1-3(12)11-5/h1,6H,10H2,(H,11,12). The lowest BCUT2D eigenvalue weighted by Gasteiger charge is -2.04.